The van der Waals surface area contributed by atoms with Crippen LogP contribution in [-0.4, -0.2) is 63.2 Å². The summed E-state index contributed by atoms with van der Waals surface area (Å²) in [6, 6.07) is 13.1. The quantitative estimate of drug-likeness (QED) is 0.602. The number of carbonyl (C=O) groups is 2. The van der Waals surface area contributed by atoms with E-state index in [1.807, 2.05) is 47.4 Å². The van der Waals surface area contributed by atoms with Gasteiger partial charge in [0.05, 0.1) is 38.1 Å². The molecule has 0 unspecified atom stereocenters. The molecule has 4 rings (SSSR count). The maximum Gasteiger partial charge on any atom is 0.254 e. The van der Waals surface area contributed by atoms with Gasteiger partial charge in [0, 0.05) is 37.0 Å². The standard InChI is InChI=1S/C26H29N3O5/c1-27-25(30)16-9-11-29(12-10-16)26(31)19-15-21(28-20-8-6-5-7-18(19)20)17-13-22(32-2)24(34-4)23(14-17)33-3/h5-8,13-16H,9-12H2,1-4H3,(H,27,30). The zero-order valence-electron chi connectivity index (χ0n) is 19.9. The van der Waals surface area contributed by atoms with Gasteiger partial charge >= 0.3 is 0 Å². The van der Waals surface area contributed by atoms with Crippen molar-refractivity contribution in [1.82, 2.24) is 15.2 Å². The lowest BCUT2D eigenvalue weighted by Gasteiger charge is -2.31. The molecule has 0 spiro atoms. The number of amides is 2. The average Bonchev–Trinajstić information content (AvgIpc) is 2.90. The van der Waals surface area contributed by atoms with Crippen LogP contribution >= 0.6 is 0 Å². The first-order valence-corrected chi connectivity index (χ1v) is 11.2. The summed E-state index contributed by atoms with van der Waals surface area (Å²) < 4.78 is 16.4. The zero-order chi connectivity index (χ0) is 24.2. The summed E-state index contributed by atoms with van der Waals surface area (Å²) in [6.07, 6.45) is 1.29. The number of methoxy groups -OCH3 is 3. The number of hydrogen-bond donors (Lipinski definition) is 1. The number of nitrogens with one attached hydrogen (secondary N) is 1. The van der Waals surface area contributed by atoms with Crippen molar-refractivity contribution in [3.8, 4) is 28.5 Å². The van der Waals surface area contributed by atoms with E-state index in [1.54, 1.807) is 28.4 Å². The Morgan fingerprint density at radius 3 is 2.21 bits per heavy atom. The lowest BCUT2D eigenvalue weighted by molar-refractivity contribution is -0.125. The van der Waals surface area contributed by atoms with Crippen LogP contribution in [0.15, 0.2) is 42.5 Å². The van der Waals surface area contributed by atoms with Crippen molar-refractivity contribution in [3.05, 3.63) is 48.0 Å². The lowest BCUT2D eigenvalue weighted by atomic mass is 9.95. The summed E-state index contributed by atoms with van der Waals surface area (Å²) >= 11 is 0. The van der Waals surface area contributed by atoms with Gasteiger partial charge in [0.25, 0.3) is 5.91 Å². The maximum atomic E-state index is 13.6. The number of pyridine rings is 1. The fourth-order valence-corrected chi connectivity index (χ4v) is 4.45. The van der Waals surface area contributed by atoms with E-state index in [2.05, 4.69) is 5.32 Å². The number of rotatable bonds is 6. The predicted molar refractivity (Wildman–Crippen MR) is 130 cm³/mol. The van der Waals surface area contributed by atoms with E-state index in [9.17, 15) is 9.59 Å². The average molecular weight is 464 g/mol. The molecular formula is C26H29N3O5. The number of carbonyl (C=O) groups excluding carboxylic acids is 2. The monoisotopic (exact) mass is 463 g/mol. The number of nitrogens with zero attached hydrogens (tertiary/aromatic N) is 2. The molecule has 0 bridgehead atoms. The highest BCUT2D eigenvalue weighted by Crippen LogP contribution is 2.41. The number of aromatic nitrogens is 1. The molecule has 1 N–H and O–H groups in total. The topological polar surface area (TPSA) is 90.0 Å². The summed E-state index contributed by atoms with van der Waals surface area (Å²) in [5.41, 5.74) is 2.67. The van der Waals surface area contributed by atoms with Gasteiger partial charge in [0.1, 0.15) is 0 Å². The van der Waals surface area contributed by atoms with Crippen LogP contribution in [0.4, 0.5) is 0 Å². The predicted octanol–water partition coefficient (Wildman–Crippen LogP) is 3.53. The van der Waals surface area contributed by atoms with E-state index in [0.717, 1.165) is 16.5 Å². The Balaban J connectivity index is 1.75. The number of piperidine rings is 1. The van der Waals surface area contributed by atoms with E-state index in [4.69, 9.17) is 19.2 Å². The molecule has 8 nitrogen and oxygen atoms in total. The molecule has 2 amide bonds. The molecule has 1 aliphatic rings. The largest absolute Gasteiger partial charge is 0.493 e. The fraction of sp³-hybridized carbons (Fsp3) is 0.346. The normalized spacial score (nSPS) is 14.1. The van der Waals surface area contributed by atoms with Crippen LogP contribution in [-0.2, 0) is 4.79 Å². The molecule has 2 heterocycles. The maximum absolute atomic E-state index is 13.6. The first kappa shape index (κ1) is 23.4. The van der Waals surface area contributed by atoms with E-state index in [-0.39, 0.29) is 17.7 Å². The second-order valence-electron chi connectivity index (χ2n) is 8.17. The number of ether oxygens (including phenoxy) is 3. The zero-order valence-corrected chi connectivity index (χ0v) is 19.9. The highest BCUT2D eigenvalue weighted by atomic mass is 16.5. The third-order valence-electron chi connectivity index (χ3n) is 6.31. The molecule has 8 heteroatoms. The minimum atomic E-state index is -0.0670. The lowest BCUT2D eigenvalue weighted by Crippen LogP contribution is -2.42. The Bertz CT molecular complexity index is 1190. The fourth-order valence-electron chi connectivity index (χ4n) is 4.45. The molecule has 1 saturated heterocycles. The van der Waals surface area contributed by atoms with Gasteiger partial charge in [-0.05, 0) is 37.1 Å². The second-order valence-corrected chi connectivity index (χ2v) is 8.17. The molecule has 1 aromatic heterocycles. The van der Waals surface area contributed by atoms with Crippen LogP contribution < -0.4 is 19.5 Å². The molecule has 34 heavy (non-hydrogen) atoms. The third kappa shape index (κ3) is 4.35. The van der Waals surface area contributed by atoms with Crippen molar-refractivity contribution in [2.24, 2.45) is 5.92 Å². The van der Waals surface area contributed by atoms with Crippen LogP contribution in [0.1, 0.15) is 23.2 Å². The Labute approximate surface area is 198 Å². The number of para-hydroxylation sites is 1. The number of benzene rings is 2. The van der Waals surface area contributed by atoms with Gasteiger partial charge in [-0.25, -0.2) is 4.98 Å². The van der Waals surface area contributed by atoms with Crippen molar-refractivity contribution in [3.63, 3.8) is 0 Å². The molecule has 0 saturated carbocycles. The van der Waals surface area contributed by atoms with Gasteiger partial charge in [0.15, 0.2) is 11.5 Å². The Morgan fingerprint density at radius 1 is 0.971 bits per heavy atom. The van der Waals surface area contributed by atoms with Gasteiger partial charge < -0.3 is 24.4 Å². The van der Waals surface area contributed by atoms with Crippen LogP contribution in [0, 0.1) is 5.92 Å². The molecule has 3 aromatic rings. The summed E-state index contributed by atoms with van der Waals surface area (Å²) in [5.74, 6) is 1.42. The SMILES string of the molecule is CNC(=O)C1CCN(C(=O)c2cc(-c3cc(OC)c(OC)c(OC)c3)nc3ccccc23)CC1. The third-order valence-corrected chi connectivity index (χ3v) is 6.31. The van der Waals surface area contributed by atoms with E-state index in [0.29, 0.717) is 54.4 Å². The number of fused-ring (bicyclic) bond motifs is 1. The molecule has 2 aromatic carbocycles. The van der Waals surface area contributed by atoms with Gasteiger partial charge in [-0.1, -0.05) is 18.2 Å². The van der Waals surface area contributed by atoms with Crippen molar-refractivity contribution in [1.29, 1.82) is 0 Å². The van der Waals surface area contributed by atoms with Crippen LogP contribution in [0.25, 0.3) is 22.2 Å². The van der Waals surface area contributed by atoms with Gasteiger partial charge in [0.2, 0.25) is 11.7 Å². The molecule has 1 fully saturated rings. The van der Waals surface area contributed by atoms with Crippen molar-refractivity contribution < 1.29 is 23.8 Å². The summed E-state index contributed by atoms with van der Waals surface area (Å²) in [6.45, 7) is 1.07. The molecule has 0 atom stereocenters. The minimum Gasteiger partial charge on any atom is -0.493 e. The highest BCUT2D eigenvalue weighted by Gasteiger charge is 2.28. The van der Waals surface area contributed by atoms with Crippen LogP contribution in [0.3, 0.4) is 0 Å². The minimum absolute atomic E-state index is 0.0335. The van der Waals surface area contributed by atoms with Crippen molar-refractivity contribution in [2.45, 2.75) is 12.8 Å². The Hall–Kier alpha value is -3.81. The Kier molecular flexibility index (Phi) is 6.86. The summed E-state index contributed by atoms with van der Waals surface area (Å²) in [5, 5.41) is 3.50. The first-order chi connectivity index (χ1) is 16.5. The van der Waals surface area contributed by atoms with Crippen LogP contribution in [0.5, 0.6) is 17.2 Å². The van der Waals surface area contributed by atoms with Gasteiger partial charge in [-0.3, -0.25) is 9.59 Å². The smallest absolute Gasteiger partial charge is 0.254 e. The Morgan fingerprint density at radius 2 is 1.62 bits per heavy atom. The summed E-state index contributed by atoms with van der Waals surface area (Å²) in [7, 11) is 6.32. The molecule has 1 aliphatic heterocycles. The van der Waals surface area contributed by atoms with Crippen molar-refractivity contribution in [2.75, 3.05) is 41.5 Å². The van der Waals surface area contributed by atoms with E-state index < -0.39 is 0 Å². The van der Waals surface area contributed by atoms with Gasteiger partial charge in [-0.2, -0.15) is 0 Å². The van der Waals surface area contributed by atoms with Gasteiger partial charge in [-0.15, -0.1) is 0 Å². The molecule has 0 radical (unpaired) electrons. The number of likely N-dealkylation sites (tertiary alicyclic amines) is 1. The second kappa shape index (κ2) is 9.99. The van der Waals surface area contributed by atoms with Crippen molar-refractivity contribution >= 4 is 22.7 Å². The number of hydrogen-bond acceptors (Lipinski definition) is 6. The molecular weight excluding hydrogens is 434 g/mol. The van der Waals surface area contributed by atoms with E-state index in [1.165, 1.54) is 0 Å². The summed E-state index contributed by atoms with van der Waals surface area (Å²) in [4.78, 5) is 32.2. The highest BCUT2D eigenvalue weighted by molar-refractivity contribution is 6.07. The molecule has 0 aliphatic carbocycles. The van der Waals surface area contributed by atoms with E-state index >= 15 is 0 Å². The first-order valence-electron chi connectivity index (χ1n) is 11.2. The van der Waals surface area contributed by atoms with Crippen LogP contribution in [0.2, 0.25) is 0 Å². The molecule has 178 valence electrons.